The SMILES string of the molecule is O=C(Cn1cncn1)NS(=O)(=O)c1c(Cl)cccc1Br. The molecule has 0 saturated heterocycles. The van der Waals surface area contributed by atoms with Crippen LogP contribution in [0.2, 0.25) is 5.02 Å². The van der Waals surface area contributed by atoms with E-state index in [4.69, 9.17) is 11.6 Å². The number of nitrogens with zero attached hydrogens (tertiary/aromatic N) is 3. The van der Waals surface area contributed by atoms with E-state index in [1.165, 1.54) is 29.5 Å². The topological polar surface area (TPSA) is 93.9 Å². The maximum Gasteiger partial charge on any atom is 0.266 e. The van der Waals surface area contributed by atoms with Crippen molar-refractivity contribution in [3.05, 3.63) is 40.3 Å². The molecule has 0 saturated carbocycles. The number of benzene rings is 1. The first-order valence-electron chi connectivity index (χ1n) is 5.22. The average molecular weight is 380 g/mol. The van der Waals surface area contributed by atoms with Crippen LogP contribution in [0.5, 0.6) is 0 Å². The lowest BCUT2D eigenvalue weighted by atomic mass is 10.4. The molecule has 0 spiro atoms. The van der Waals surface area contributed by atoms with Crippen LogP contribution in [0.15, 0.2) is 40.2 Å². The molecule has 1 N–H and O–H groups in total. The summed E-state index contributed by atoms with van der Waals surface area (Å²) in [6, 6.07) is 4.52. The first-order valence-corrected chi connectivity index (χ1v) is 7.87. The van der Waals surface area contributed by atoms with Crippen molar-refractivity contribution in [2.75, 3.05) is 0 Å². The number of hydrogen-bond donors (Lipinski definition) is 1. The Morgan fingerprint density at radius 3 is 2.80 bits per heavy atom. The maximum absolute atomic E-state index is 12.1. The van der Waals surface area contributed by atoms with Crippen molar-refractivity contribution < 1.29 is 13.2 Å². The molecule has 1 aromatic heterocycles. The van der Waals surface area contributed by atoms with Gasteiger partial charge in [0.1, 0.15) is 24.1 Å². The van der Waals surface area contributed by atoms with Crippen molar-refractivity contribution in [2.45, 2.75) is 11.4 Å². The number of carbonyl (C=O) groups is 1. The lowest BCUT2D eigenvalue weighted by Crippen LogP contribution is -2.33. The number of hydrogen-bond acceptors (Lipinski definition) is 5. The molecule has 7 nitrogen and oxygen atoms in total. The van der Waals surface area contributed by atoms with E-state index in [-0.39, 0.29) is 20.9 Å². The molecule has 0 aliphatic carbocycles. The minimum atomic E-state index is -4.06. The number of rotatable bonds is 4. The van der Waals surface area contributed by atoms with Crippen LogP contribution in [0.3, 0.4) is 0 Å². The van der Waals surface area contributed by atoms with Gasteiger partial charge in [-0.05, 0) is 28.1 Å². The number of amides is 1. The van der Waals surface area contributed by atoms with E-state index in [1.807, 2.05) is 4.72 Å². The number of halogens is 2. The Bertz CT molecular complexity index is 713. The van der Waals surface area contributed by atoms with Gasteiger partial charge in [0.25, 0.3) is 15.9 Å². The zero-order chi connectivity index (χ0) is 14.8. The van der Waals surface area contributed by atoms with Gasteiger partial charge >= 0.3 is 0 Å². The van der Waals surface area contributed by atoms with Crippen LogP contribution in [-0.2, 0) is 21.4 Å². The van der Waals surface area contributed by atoms with Crippen molar-refractivity contribution in [1.29, 1.82) is 0 Å². The summed E-state index contributed by atoms with van der Waals surface area (Å²) in [5.74, 6) is -0.748. The van der Waals surface area contributed by atoms with Gasteiger partial charge in [0.2, 0.25) is 0 Å². The molecular formula is C10H8BrClN4O3S. The zero-order valence-corrected chi connectivity index (χ0v) is 13.0. The Balaban J connectivity index is 2.21. The van der Waals surface area contributed by atoms with Crippen LogP contribution in [0.25, 0.3) is 0 Å². The van der Waals surface area contributed by atoms with Gasteiger partial charge in [-0.3, -0.25) is 4.79 Å². The second kappa shape index (κ2) is 5.90. The van der Waals surface area contributed by atoms with Crippen LogP contribution >= 0.6 is 27.5 Å². The van der Waals surface area contributed by atoms with Crippen LogP contribution in [0.1, 0.15) is 0 Å². The van der Waals surface area contributed by atoms with E-state index in [0.717, 1.165) is 0 Å². The highest BCUT2D eigenvalue weighted by atomic mass is 79.9. The van der Waals surface area contributed by atoms with Crippen molar-refractivity contribution in [1.82, 2.24) is 19.5 Å². The van der Waals surface area contributed by atoms with Crippen molar-refractivity contribution >= 4 is 43.5 Å². The van der Waals surface area contributed by atoms with E-state index in [2.05, 4.69) is 26.0 Å². The van der Waals surface area contributed by atoms with Crippen molar-refractivity contribution in [3.63, 3.8) is 0 Å². The Morgan fingerprint density at radius 1 is 1.45 bits per heavy atom. The monoisotopic (exact) mass is 378 g/mol. The lowest BCUT2D eigenvalue weighted by molar-refractivity contribution is -0.120. The molecule has 1 amide bonds. The van der Waals surface area contributed by atoms with Gasteiger partial charge in [0.05, 0.1) is 5.02 Å². The van der Waals surface area contributed by atoms with Gasteiger partial charge in [0.15, 0.2) is 0 Å². The lowest BCUT2D eigenvalue weighted by Gasteiger charge is -2.09. The molecule has 0 fully saturated rings. The van der Waals surface area contributed by atoms with E-state index in [0.29, 0.717) is 0 Å². The summed E-state index contributed by atoms with van der Waals surface area (Å²) < 4.78 is 27.6. The molecule has 1 aromatic carbocycles. The molecule has 0 bridgehead atoms. The molecule has 2 rings (SSSR count). The van der Waals surface area contributed by atoms with Gasteiger partial charge in [-0.15, -0.1) is 0 Å². The Labute approximate surface area is 128 Å². The number of aromatic nitrogens is 3. The van der Waals surface area contributed by atoms with Gasteiger partial charge in [0, 0.05) is 4.47 Å². The summed E-state index contributed by atoms with van der Waals surface area (Å²) in [4.78, 5) is 15.2. The third-order valence-electron chi connectivity index (χ3n) is 2.21. The van der Waals surface area contributed by atoms with Crippen LogP contribution in [-0.4, -0.2) is 29.1 Å². The zero-order valence-electron chi connectivity index (χ0n) is 9.82. The van der Waals surface area contributed by atoms with E-state index in [1.54, 1.807) is 6.07 Å². The minimum Gasteiger partial charge on any atom is -0.272 e. The molecule has 1 heterocycles. The average Bonchev–Trinajstić information content (AvgIpc) is 2.79. The Hall–Kier alpha value is -1.45. The van der Waals surface area contributed by atoms with Crippen molar-refractivity contribution in [3.8, 4) is 0 Å². The second-order valence-electron chi connectivity index (χ2n) is 3.67. The summed E-state index contributed by atoms with van der Waals surface area (Å²) in [5.41, 5.74) is 0. The van der Waals surface area contributed by atoms with Crippen LogP contribution in [0.4, 0.5) is 0 Å². The predicted molar refractivity (Wildman–Crippen MR) is 74.5 cm³/mol. The van der Waals surface area contributed by atoms with Gasteiger partial charge in [-0.25, -0.2) is 22.8 Å². The summed E-state index contributed by atoms with van der Waals surface area (Å²) >= 11 is 8.94. The fraction of sp³-hybridized carbons (Fsp3) is 0.100. The van der Waals surface area contributed by atoms with Crippen molar-refractivity contribution in [2.24, 2.45) is 0 Å². The van der Waals surface area contributed by atoms with Gasteiger partial charge < -0.3 is 0 Å². The quantitative estimate of drug-likeness (QED) is 0.861. The number of carbonyl (C=O) groups excluding carboxylic acids is 1. The fourth-order valence-corrected chi connectivity index (χ4v) is 4.15. The molecule has 106 valence electrons. The summed E-state index contributed by atoms with van der Waals surface area (Å²) in [7, 11) is -4.06. The van der Waals surface area contributed by atoms with Crippen LogP contribution in [0, 0.1) is 0 Å². The summed E-state index contributed by atoms with van der Waals surface area (Å²) in [6.45, 7) is -0.263. The molecular weight excluding hydrogens is 372 g/mol. The summed E-state index contributed by atoms with van der Waals surface area (Å²) in [5, 5.41) is 3.72. The third-order valence-corrected chi connectivity index (χ3v) is 5.03. The van der Waals surface area contributed by atoms with E-state index >= 15 is 0 Å². The number of nitrogens with one attached hydrogen (secondary N) is 1. The standard InChI is InChI=1S/C10H8BrClN4O3S/c11-7-2-1-3-8(12)10(7)20(18,19)15-9(17)4-16-6-13-5-14-16/h1-3,5-6H,4H2,(H,15,17). The molecule has 0 unspecified atom stereocenters. The minimum absolute atomic E-state index is 0.0143. The smallest absolute Gasteiger partial charge is 0.266 e. The molecule has 0 radical (unpaired) electrons. The Kier molecular flexibility index (Phi) is 4.41. The maximum atomic E-state index is 12.1. The highest BCUT2D eigenvalue weighted by Crippen LogP contribution is 2.28. The highest BCUT2D eigenvalue weighted by molar-refractivity contribution is 9.10. The van der Waals surface area contributed by atoms with Crippen LogP contribution < -0.4 is 4.72 Å². The van der Waals surface area contributed by atoms with E-state index in [9.17, 15) is 13.2 Å². The molecule has 0 atom stereocenters. The summed E-state index contributed by atoms with van der Waals surface area (Å²) in [6.07, 6.45) is 2.55. The molecule has 2 aromatic rings. The first-order chi connectivity index (χ1) is 9.40. The predicted octanol–water partition coefficient (Wildman–Crippen LogP) is 1.20. The molecule has 10 heteroatoms. The second-order valence-corrected chi connectivity index (χ2v) is 6.55. The van der Waals surface area contributed by atoms with E-state index < -0.39 is 15.9 Å². The fourth-order valence-electron chi connectivity index (χ4n) is 1.43. The van der Waals surface area contributed by atoms with Gasteiger partial charge in [-0.2, -0.15) is 5.10 Å². The Morgan fingerprint density at radius 2 is 2.20 bits per heavy atom. The normalized spacial score (nSPS) is 11.3. The third kappa shape index (κ3) is 3.35. The molecule has 0 aliphatic heterocycles. The molecule has 20 heavy (non-hydrogen) atoms. The largest absolute Gasteiger partial charge is 0.272 e. The van der Waals surface area contributed by atoms with Gasteiger partial charge in [-0.1, -0.05) is 17.7 Å². The number of sulfonamides is 1. The first kappa shape index (κ1) is 14.9. The highest BCUT2D eigenvalue weighted by Gasteiger charge is 2.23. The molecule has 0 aliphatic rings.